The van der Waals surface area contributed by atoms with Gasteiger partial charge in [-0.25, -0.2) is 0 Å². The van der Waals surface area contributed by atoms with Gasteiger partial charge in [0, 0.05) is 11.9 Å². The average Bonchev–Trinajstić information content (AvgIpc) is 2.53. The van der Waals surface area contributed by atoms with Crippen molar-refractivity contribution in [3.63, 3.8) is 0 Å². The van der Waals surface area contributed by atoms with Crippen molar-refractivity contribution in [2.75, 3.05) is 11.9 Å². The summed E-state index contributed by atoms with van der Waals surface area (Å²) in [5.74, 6) is -0.693. The van der Waals surface area contributed by atoms with Crippen LogP contribution in [0, 0.1) is 5.41 Å². The summed E-state index contributed by atoms with van der Waals surface area (Å²) in [6, 6.07) is 7.74. The van der Waals surface area contributed by atoms with Gasteiger partial charge in [-0.1, -0.05) is 37.5 Å². The lowest BCUT2D eigenvalue weighted by Gasteiger charge is -2.33. The second-order valence-corrected chi connectivity index (χ2v) is 5.78. The quantitative estimate of drug-likeness (QED) is 0.903. The Bertz CT molecular complexity index is 646. The maximum absolute atomic E-state index is 11.7. The number of nitrogens with one attached hydrogen (secondary N) is 1. The predicted molar refractivity (Wildman–Crippen MR) is 81.2 cm³/mol. The number of carbonyl (C=O) groups is 1. The van der Waals surface area contributed by atoms with Crippen LogP contribution in [0.4, 0.5) is 5.69 Å². The predicted octanol–water partition coefficient (Wildman–Crippen LogP) is 3.08. The molecule has 1 heterocycles. The summed E-state index contributed by atoms with van der Waals surface area (Å²) < 4.78 is 0. The molecule has 2 N–H and O–H groups in total. The Balaban J connectivity index is 1.83. The minimum atomic E-state index is -0.693. The van der Waals surface area contributed by atoms with E-state index in [1.165, 1.54) is 0 Å². The van der Waals surface area contributed by atoms with Crippen LogP contribution in [0.1, 0.15) is 32.1 Å². The zero-order chi connectivity index (χ0) is 14.7. The number of aromatic nitrogens is 2. The van der Waals surface area contributed by atoms with Crippen molar-refractivity contribution in [1.29, 1.82) is 0 Å². The van der Waals surface area contributed by atoms with Crippen LogP contribution in [-0.2, 0) is 4.79 Å². The molecule has 1 aromatic carbocycles. The average molecular weight is 285 g/mol. The lowest BCUT2D eigenvalue weighted by molar-refractivity contribution is -0.150. The Hall–Kier alpha value is -2.17. The lowest BCUT2D eigenvalue weighted by Crippen LogP contribution is -2.39. The highest BCUT2D eigenvalue weighted by molar-refractivity contribution is 5.90. The van der Waals surface area contributed by atoms with Gasteiger partial charge < -0.3 is 10.4 Å². The van der Waals surface area contributed by atoms with E-state index >= 15 is 0 Å². The molecule has 2 aromatic rings. The zero-order valence-electron chi connectivity index (χ0n) is 11.9. The third-order valence-electron chi connectivity index (χ3n) is 4.43. The first-order valence-corrected chi connectivity index (χ1v) is 7.39. The molecule has 0 atom stereocenters. The summed E-state index contributed by atoms with van der Waals surface area (Å²) in [5.41, 5.74) is 1.02. The first kappa shape index (κ1) is 13.8. The van der Waals surface area contributed by atoms with Gasteiger partial charge in [-0.3, -0.25) is 4.79 Å². The second kappa shape index (κ2) is 5.68. The van der Waals surface area contributed by atoms with Crippen molar-refractivity contribution in [3.05, 3.63) is 30.5 Å². The number of fused-ring (bicyclic) bond motifs is 1. The van der Waals surface area contributed by atoms with E-state index in [0.717, 1.165) is 48.7 Å². The molecule has 5 heteroatoms. The number of aliphatic carboxylic acids is 1. The number of hydrogen-bond acceptors (Lipinski definition) is 4. The van der Waals surface area contributed by atoms with Crippen LogP contribution in [0.25, 0.3) is 10.9 Å². The van der Waals surface area contributed by atoms with Crippen molar-refractivity contribution < 1.29 is 9.90 Å². The molecule has 0 spiro atoms. The molecule has 21 heavy (non-hydrogen) atoms. The van der Waals surface area contributed by atoms with Gasteiger partial charge in [0.25, 0.3) is 0 Å². The maximum atomic E-state index is 11.7. The number of carboxylic acid groups (broad SMARTS) is 1. The Morgan fingerprint density at radius 3 is 2.76 bits per heavy atom. The molecular weight excluding hydrogens is 266 g/mol. The van der Waals surface area contributed by atoms with Crippen molar-refractivity contribution in [1.82, 2.24) is 10.2 Å². The molecular formula is C16H19N3O2. The smallest absolute Gasteiger partial charge is 0.311 e. The summed E-state index contributed by atoms with van der Waals surface area (Å²) in [6.07, 6.45) is 6.26. The number of nitrogens with zero attached hydrogens (tertiary/aromatic N) is 2. The normalized spacial score (nSPS) is 17.5. The van der Waals surface area contributed by atoms with E-state index in [-0.39, 0.29) is 0 Å². The lowest BCUT2D eigenvalue weighted by atomic mass is 9.74. The molecule has 0 bridgehead atoms. The highest BCUT2D eigenvalue weighted by Gasteiger charge is 2.39. The fourth-order valence-electron chi connectivity index (χ4n) is 3.11. The topological polar surface area (TPSA) is 75.1 Å². The fourth-order valence-corrected chi connectivity index (χ4v) is 3.11. The van der Waals surface area contributed by atoms with Crippen LogP contribution in [0.2, 0.25) is 0 Å². The van der Waals surface area contributed by atoms with Gasteiger partial charge in [-0.2, -0.15) is 10.2 Å². The van der Waals surface area contributed by atoms with Gasteiger partial charge in [0.05, 0.1) is 22.8 Å². The molecule has 0 unspecified atom stereocenters. The van der Waals surface area contributed by atoms with Crippen LogP contribution >= 0.6 is 0 Å². The summed E-state index contributed by atoms with van der Waals surface area (Å²) >= 11 is 0. The molecule has 0 amide bonds. The van der Waals surface area contributed by atoms with Gasteiger partial charge in [0.1, 0.15) is 0 Å². The monoisotopic (exact) mass is 285 g/mol. The minimum absolute atomic E-state index is 0.442. The highest BCUT2D eigenvalue weighted by atomic mass is 16.4. The summed E-state index contributed by atoms with van der Waals surface area (Å²) in [4.78, 5) is 11.7. The number of anilines is 1. The van der Waals surface area contributed by atoms with Crippen molar-refractivity contribution in [3.8, 4) is 0 Å². The van der Waals surface area contributed by atoms with E-state index in [0.29, 0.717) is 6.54 Å². The standard InChI is InChI=1S/C16H19N3O2/c20-15(21)16(8-4-1-5-9-16)11-17-14-10-18-19-13-7-3-2-6-12(13)14/h2-3,6-7,10H,1,4-5,8-9,11H2,(H,17,19)(H,20,21). The third kappa shape index (κ3) is 2.68. The van der Waals surface area contributed by atoms with Crippen molar-refractivity contribution >= 4 is 22.6 Å². The Morgan fingerprint density at radius 1 is 1.24 bits per heavy atom. The van der Waals surface area contributed by atoms with Gasteiger partial charge in [0.2, 0.25) is 0 Å². The largest absolute Gasteiger partial charge is 0.481 e. The number of benzene rings is 1. The summed E-state index contributed by atoms with van der Waals surface area (Å²) in [5, 5.41) is 22.0. The summed E-state index contributed by atoms with van der Waals surface area (Å²) in [7, 11) is 0. The van der Waals surface area contributed by atoms with E-state index in [1.54, 1.807) is 6.20 Å². The number of hydrogen-bond donors (Lipinski definition) is 2. The second-order valence-electron chi connectivity index (χ2n) is 5.78. The Kier molecular flexibility index (Phi) is 3.73. The van der Waals surface area contributed by atoms with Crippen molar-refractivity contribution in [2.24, 2.45) is 5.41 Å². The molecule has 1 aliphatic carbocycles. The molecule has 1 saturated carbocycles. The van der Waals surface area contributed by atoms with Gasteiger partial charge in [-0.05, 0) is 18.9 Å². The Morgan fingerprint density at radius 2 is 2.00 bits per heavy atom. The van der Waals surface area contributed by atoms with Crippen LogP contribution in [0.5, 0.6) is 0 Å². The molecule has 1 aliphatic rings. The maximum Gasteiger partial charge on any atom is 0.311 e. The SMILES string of the molecule is O=C(O)C1(CNc2cnnc3ccccc23)CCCCC1. The van der Waals surface area contributed by atoms with Crippen LogP contribution in [0.3, 0.4) is 0 Å². The molecule has 5 nitrogen and oxygen atoms in total. The fraction of sp³-hybridized carbons (Fsp3) is 0.438. The van der Waals surface area contributed by atoms with Gasteiger partial charge in [0.15, 0.2) is 0 Å². The van der Waals surface area contributed by atoms with E-state index in [9.17, 15) is 9.90 Å². The van der Waals surface area contributed by atoms with E-state index < -0.39 is 11.4 Å². The van der Waals surface area contributed by atoms with E-state index in [2.05, 4.69) is 15.5 Å². The first-order valence-electron chi connectivity index (χ1n) is 7.39. The molecule has 0 radical (unpaired) electrons. The van der Waals surface area contributed by atoms with Crippen molar-refractivity contribution in [2.45, 2.75) is 32.1 Å². The highest BCUT2D eigenvalue weighted by Crippen LogP contribution is 2.37. The molecule has 3 rings (SSSR count). The number of rotatable bonds is 4. The van der Waals surface area contributed by atoms with Crippen LogP contribution in [-0.4, -0.2) is 27.8 Å². The van der Waals surface area contributed by atoms with Crippen LogP contribution < -0.4 is 5.32 Å². The Labute approximate surface area is 123 Å². The van der Waals surface area contributed by atoms with Crippen LogP contribution in [0.15, 0.2) is 30.5 Å². The number of carboxylic acids is 1. The van der Waals surface area contributed by atoms with E-state index in [4.69, 9.17) is 0 Å². The van der Waals surface area contributed by atoms with E-state index in [1.807, 2.05) is 24.3 Å². The third-order valence-corrected chi connectivity index (χ3v) is 4.43. The molecule has 110 valence electrons. The zero-order valence-corrected chi connectivity index (χ0v) is 11.9. The van der Waals surface area contributed by atoms with Gasteiger partial charge >= 0.3 is 5.97 Å². The summed E-state index contributed by atoms with van der Waals surface area (Å²) in [6.45, 7) is 0.442. The molecule has 1 aromatic heterocycles. The first-order chi connectivity index (χ1) is 10.2. The molecule has 0 saturated heterocycles. The minimum Gasteiger partial charge on any atom is -0.481 e. The molecule has 1 fully saturated rings. The molecule has 0 aliphatic heterocycles. The van der Waals surface area contributed by atoms with Gasteiger partial charge in [-0.15, -0.1) is 0 Å².